The van der Waals surface area contributed by atoms with Crippen LogP contribution in [0.4, 0.5) is 13.2 Å². The molecule has 4 nitrogen and oxygen atoms in total. The van der Waals surface area contributed by atoms with Crippen LogP contribution >= 0.6 is 23.4 Å². The SMILES string of the molecule is Cn1nc(C(F)(F)F)c(CC(N)CO)c1SCc1ccc(Cl)cc1. The summed E-state index contributed by atoms with van der Waals surface area (Å²) in [7, 11) is 1.47. The van der Waals surface area contributed by atoms with Gasteiger partial charge in [0.25, 0.3) is 0 Å². The van der Waals surface area contributed by atoms with E-state index < -0.39 is 24.5 Å². The van der Waals surface area contributed by atoms with Crippen LogP contribution in [0.5, 0.6) is 0 Å². The standard InChI is InChI=1S/C15H17ClF3N3OS/c1-22-14(24-8-9-2-4-10(16)5-3-9)12(6-11(20)7-23)13(21-22)15(17,18)19/h2-5,11,23H,6-8,20H2,1H3. The molecule has 2 aromatic rings. The first-order valence-electron chi connectivity index (χ1n) is 7.09. The predicted octanol–water partition coefficient (Wildman–Crippen LogP) is 3.25. The average molecular weight is 380 g/mol. The van der Waals surface area contributed by atoms with Crippen molar-refractivity contribution in [2.24, 2.45) is 12.8 Å². The summed E-state index contributed by atoms with van der Waals surface area (Å²) in [6.45, 7) is -0.395. The largest absolute Gasteiger partial charge is 0.435 e. The maximum Gasteiger partial charge on any atom is 0.435 e. The molecule has 0 aliphatic rings. The molecule has 1 heterocycles. The van der Waals surface area contributed by atoms with Crippen LogP contribution in [0.2, 0.25) is 5.02 Å². The topological polar surface area (TPSA) is 64.1 Å². The Morgan fingerprint density at radius 3 is 2.50 bits per heavy atom. The summed E-state index contributed by atoms with van der Waals surface area (Å²) in [4.78, 5) is 0. The molecule has 0 aliphatic carbocycles. The van der Waals surface area contributed by atoms with Gasteiger partial charge in [0.2, 0.25) is 0 Å². The van der Waals surface area contributed by atoms with Crippen molar-refractivity contribution in [3.05, 3.63) is 46.1 Å². The van der Waals surface area contributed by atoms with Gasteiger partial charge >= 0.3 is 6.18 Å². The Kier molecular flexibility index (Phi) is 6.19. The van der Waals surface area contributed by atoms with E-state index in [0.29, 0.717) is 15.8 Å². The van der Waals surface area contributed by atoms with E-state index >= 15 is 0 Å². The van der Waals surface area contributed by atoms with Crippen LogP contribution in [0.3, 0.4) is 0 Å². The second-order valence-corrected chi connectivity index (χ2v) is 6.72. The van der Waals surface area contributed by atoms with E-state index in [1.807, 2.05) is 12.1 Å². The fourth-order valence-electron chi connectivity index (χ4n) is 2.20. The van der Waals surface area contributed by atoms with E-state index in [4.69, 9.17) is 22.4 Å². The van der Waals surface area contributed by atoms with E-state index in [-0.39, 0.29) is 12.0 Å². The molecule has 24 heavy (non-hydrogen) atoms. The van der Waals surface area contributed by atoms with Crippen molar-refractivity contribution < 1.29 is 18.3 Å². The van der Waals surface area contributed by atoms with Crippen molar-refractivity contribution in [2.75, 3.05) is 6.61 Å². The Morgan fingerprint density at radius 2 is 1.96 bits per heavy atom. The third-order valence-corrected chi connectivity index (χ3v) is 4.86. The van der Waals surface area contributed by atoms with Gasteiger partial charge in [-0.1, -0.05) is 23.7 Å². The number of halogens is 4. The van der Waals surface area contributed by atoms with Crippen LogP contribution < -0.4 is 5.73 Å². The minimum absolute atomic E-state index is 0.0190. The third-order valence-electron chi connectivity index (χ3n) is 3.35. The Hall–Kier alpha value is -1.22. The van der Waals surface area contributed by atoms with E-state index in [1.165, 1.54) is 23.5 Å². The highest BCUT2D eigenvalue weighted by atomic mass is 35.5. The number of rotatable bonds is 6. The summed E-state index contributed by atoms with van der Waals surface area (Å²) in [6, 6.07) is 6.31. The van der Waals surface area contributed by atoms with Gasteiger partial charge in [-0.2, -0.15) is 18.3 Å². The molecule has 132 valence electrons. The van der Waals surface area contributed by atoms with Crippen LogP contribution in [0, 0.1) is 0 Å². The highest BCUT2D eigenvalue weighted by Gasteiger charge is 2.39. The maximum atomic E-state index is 13.2. The molecule has 0 bridgehead atoms. The Balaban J connectivity index is 2.30. The smallest absolute Gasteiger partial charge is 0.395 e. The Bertz CT molecular complexity index is 689. The summed E-state index contributed by atoms with van der Waals surface area (Å²) in [5.41, 5.74) is 5.64. The van der Waals surface area contributed by atoms with E-state index in [9.17, 15) is 13.2 Å². The number of aliphatic hydroxyl groups is 1. The molecular formula is C15H17ClF3N3OS. The maximum absolute atomic E-state index is 13.2. The molecule has 1 aromatic heterocycles. The number of hydrogen-bond acceptors (Lipinski definition) is 4. The van der Waals surface area contributed by atoms with Crippen molar-refractivity contribution in [3.8, 4) is 0 Å². The van der Waals surface area contributed by atoms with Gasteiger partial charge in [-0.25, -0.2) is 0 Å². The Morgan fingerprint density at radius 1 is 1.33 bits per heavy atom. The molecule has 0 saturated heterocycles. The van der Waals surface area contributed by atoms with Crippen molar-refractivity contribution in [2.45, 2.75) is 29.4 Å². The number of nitrogens with zero attached hydrogens (tertiary/aromatic N) is 2. The number of hydrogen-bond donors (Lipinski definition) is 2. The number of aromatic nitrogens is 2. The van der Waals surface area contributed by atoms with E-state index in [0.717, 1.165) is 5.56 Å². The molecule has 0 fully saturated rings. The predicted molar refractivity (Wildman–Crippen MR) is 88.0 cm³/mol. The zero-order valence-electron chi connectivity index (χ0n) is 12.8. The fourth-order valence-corrected chi connectivity index (χ4v) is 3.41. The minimum atomic E-state index is -4.57. The molecule has 1 unspecified atom stereocenters. The van der Waals surface area contributed by atoms with Crippen LogP contribution in [-0.4, -0.2) is 27.5 Å². The summed E-state index contributed by atoms with van der Waals surface area (Å²) >= 11 is 7.06. The molecule has 1 atom stereocenters. The highest BCUT2D eigenvalue weighted by Crippen LogP contribution is 2.37. The van der Waals surface area contributed by atoms with Gasteiger partial charge in [0.1, 0.15) is 0 Å². The zero-order valence-corrected chi connectivity index (χ0v) is 14.4. The highest BCUT2D eigenvalue weighted by molar-refractivity contribution is 7.98. The van der Waals surface area contributed by atoms with Crippen molar-refractivity contribution in [1.29, 1.82) is 0 Å². The number of benzene rings is 1. The molecule has 1 aromatic carbocycles. The lowest BCUT2D eigenvalue weighted by molar-refractivity contribution is -0.142. The van der Waals surface area contributed by atoms with Crippen molar-refractivity contribution >= 4 is 23.4 Å². The van der Waals surface area contributed by atoms with Gasteiger partial charge in [0.15, 0.2) is 5.69 Å². The number of aryl methyl sites for hydroxylation is 1. The molecule has 0 spiro atoms. The lowest BCUT2D eigenvalue weighted by atomic mass is 10.1. The minimum Gasteiger partial charge on any atom is -0.395 e. The molecule has 0 amide bonds. The average Bonchev–Trinajstić information content (AvgIpc) is 2.83. The first kappa shape index (κ1) is 19.1. The Labute approximate surface area is 146 Å². The fraction of sp³-hybridized carbons (Fsp3) is 0.400. The van der Waals surface area contributed by atoms with Gasteiger partial charge in [-0.15, -0.1) is 11.8 Å². The van der Waals surface area contributed by atoms with Crippen LogP contribution in [0.15, 0.2) is 29.3 Å². The second kappa shape index (κ2) is 7.77. The molecule has 0 aliphatic heterocycles. The van der Waals surface area contributed by atoms with Crippen molar-refractivity contribution in [3.63, 3.8) is 0 Å². The molecule has 0 radical (unpaired) electrons. The lowest BCUT2D eigenvalue weighted by Gasteiger charge is -2.12. The summed E-state index contributed by atoms with van der Waals surface area (Å²) in [5, 5.41) is 13.7. The quantitative estimate of drug-likeness (QED) is 0.756. The summed E-state index contributed by atoms with van der Waals surface area (Å²) in [6.07, 6.45) is -4.66. The molecule has 3 N–H and O–H groups in total. The monoisotopic (exact) mass is 379 g/mol. The number of alkyl halides is 3. The third kappa shape index (κ3) is 4.66. The molecular weight excluding hydrogens is 363 g/mol. The first-order valence-corrected chi connectivity index (χ1v) is 8.45. The van der Waals surface area contributed by atoms with E-state index in [1.54, 1.807) is 12.1 Å². The van der Waals surface area contributed by atoms with Crippen molar-refractivity contribution in [1.82, 2.24) is 9.78 Å². The normalized spacial score (nSPS) is 13.3. The zero-order chi connectivity index (χ0) is 17.9. The number of thioether (sulfide) groups is 1. The summed E-state index contributed by atoms with van der Waals surface area (Å²) in [5.74, 6) is 0.468. The molecule has 2 rings (SSSR count). The molecule has 9 heteroatoms. The van der Waals surface area contributed by atoms with Gasteiger partial charge in [0, 0.05) is 29.4 Å². The van der Waals surface area contributed by atoms with Crippen LogP contribution in [-0.2, 0) is 25.4 Å². The molecule has 0 saturated carbocycles. The first-order chi connectivity index (χ1) is 11.2. The van der Waals surface area contributed by atoms with Gasteiger partial charge in [-0.3, -0.25) is 4.68 Å². The van der Waals surface area contributed by atoms with E-state index in [2.05, 4.69) is 5.10 Å². The second-order valence-electron chi connectivity index (χ2n) is 5.32. The van der Waals surface area contributed by atoms with Gasteiger partial charge < -0.3 is 10.8 Å². The van der Waals surface area contributed by atoms with Gasteiger partial charge in [0.05, 0.1) is 11.6 Å². The summed E-state index contributed by atoms with van der Waals surface area (Å²) < 4.78 is 40.8. The lowest BCUT2D eigenvalue weighted by Crippen LogP contribution is -2.28. The number of nitrogens with two attached hydrogens (primary N) is 1. The van der Waals surface area contributed by atoms with Crippen LogP contribution in [0.1, 0.15) is 16.8 Å². The van der Waals surface area contributed by atoms with Crippen LogP contribution in [0.25, 0.3) is 0 Å². The van der Waals surface area contributed by atoms with Gasteiger partial charge in [-0.05, 0) is 24.1 Å². The number of aliphatic hydroxyl groups excluding tert-OH is 1.